The average molecular weight is 464 g/mol. The van der Waals surface area contributed by atoms with Gasteiger partial charge in [0.05, 0.1) is 20.1 Å². The number of aromatic hydroxyl groups is 2. The summed E-state index contributed by atoms with van der Waals surface area (Å²) in [5.74, 6) is -1.31. The van der Waals surface area contributed by atoms with E-state index in [0.717, 1.165) is 0 Å². The van der Waals surface area contributed by atoms with Crippen molar-refractivity contribution in [3.05, 3.63) is 41.5 Å². The van der Waals surface area contributed by atoms with Crippen molar-refractivity contribution >= 4 is 5.78 Å². The first-order chi connectivity index (χ1) is 15.7. The summed E-state index contributed by atoms with van der Waals surface area (Å²) < 4.78 is 22.1. The fraction of sp³-hybridized carbons (Fsp3) is 0.409. The number of rotatable bonds is 5. The highest BCUT2D eigenvalue weighted by Gasteiger charge is 2.45. The first-order valence-corrected chi connectivity index (χ1v) is 10.1. The summed E-state index contributed by atoms with van der Waals surface area (Å²) in [5.41, 5.74) is 0.515. The van der Waals surface area contributed by atoms with Crippen molar-refractivity contribution in [2.24, 2.45) is 0 Å². The van der Waals surface area contributed by atoms with E-state index in [4.69, 9.17) is 18.9 Å². The molecule has 1 fully saturated rings. The van der Waals surface area contributed by atoms with Gasteiger partial charge in [-0.1, -0.05) is 12.1 Å². The molecular weight excluding hydrogens is 440 g/mol. The molecule has 6 N–H and O–H groups in total. The third kappa shape index (κ3) is 4.16. The van der Waals surface area contributed by atoms with Crippen molar-refractivity contribution in [3.8, 4) is 28.7 Å². The molecule has 11 nitrogen and oxygen atoms in total. The van der Waals surface area contributed by atoms with E-state index in [0.29, 0.717) is 5.56 Å². The highest BCUT2D eigenvalue weighted by atomic mass is 16.7. The van der Waals surface area contributed by atoms with Gasteiger partial charge in [0.2, 0.25) is 12.0 Å². The van der Waals surface area contributed by atoms with Gasteiger partial charge in [-0.25, -0.2) is 0 Å². The van der Waals surface area contributed by atoms with Crippen LogP contribution in [-0.4, -0.2) is 80.8 Å². The minimum Gasteiger partial charge on any atom is -0.508 e. The number of hydrogen-bond donors (Lipinski definition) is 6. The Morgan fingerprint density at radius 3 is 2.39 bits per heavy atom. The number of ketones is 1. The number of ether oxygens (including phenoxy) is 4. The number of hydrogen-bond acceptors (Lipinski definition) is 11. The van der Waals surface area contributed by atoms with E-state index in [1.807, 2.05) is 0 Å². The number of benzene rings is 2. The minimum absolute atomic E-state index is 0.0118. The Hall–Kier alpha value is -3.09. The Morgan fingerprint density at radius 1 is 1.06 bits per heavy atom. The van der Waals surface area contributed by atoms with E-state index in [2.05, 4.69) is 0 Å². The van der Waals surface area contributed by atoms with Gasteiger partial charge < -0.3 is 49.6 Å². The molecule has 2 unspecified atom stereocenters. The number of fused-ring (bicyclic) bond motifs is 1. The molecule has 33 heavy (non-hydrogen) atoms. The number of aliphatic hydroxyl groups is 4. The number of methoxy groups -OCH3 is 1. The lowest BCUT2D eigenvalue weighted by Gasteiger charge is -2.39. The average Bonchev–Trinajstić information content (AvgIpc) is 2.79. The molecule has 0 saturated carbocycles. The monoisotopic (exact) mass is 464 g/mol. The zero-order chi connectivity index (χ0) is 23.9. The van der Waals surface area contributed by atoms with E-state index in [-0.39, 0.29) is 35.0 Å². The summed E-state index contributed by atoms with van der Waals surface area (Å²) in [6.45, 7) is -0.650. The van der Waals surface area contributed by atoms with E-state index in [9.17, 15) is 35.4 Å². The molecule has 4 rings (SSSR count). The van der Waals surface area contributed by atoms with E-state index < -0.39 is 54.9 Å². The molecule has 2 aromatic rings. The van der Waals surface area contributed by atoms with Crippen LogP contribution in [0.4, 0.5) is 0 Å². The molecule has 0 amide bonds. The lowest BCUT2D eigenvalue weighted by Crippen LogP contribution is -2.60. The van der Waals surface area contributed by atoms with E-state index >= 15 is 0 Å². The summed E-state index contributed by atoms with van der Waals surface area (Å²) in [7, 11) is 1.23. The molecular formula is C22H24O11. The number of phenols is 2. The second-order valence-electron chi connectivity index (χ2n) is 7.77. The normalized spacial score (nSPS) is 29.2. The first kappa shape index (κ1) is 23.1. The molecule has 11 heteroatoms. The molecule has 1 saturated heterocycles. The fourth-order valence-electron chi connectivity index (χ4n) is 3.88. The number of phenolic OH excluding ortho intramolecular Hbond substituents is 2. The van der Waals surface area contributed by atoms with Crippen LogP contribution >= 0.6 is 0 Å². The van der Waals surface area contributed by atoms with Crippen LogP contribution in [0.2, 0.25) is 0 Å². The number of Topliss-reactive ketones (excluding diaryl/α,β-unsaturated/α-hetero) is 1. The van der Waals surface area contributed by atoms with Crippen molar-refractivity contribution in [2.75, 3.05) is 13.7 Å². The topological polar surface area (TPSA) is 175 Å². The lowest BCUT2D eigenvalue weighted by atomic mass is 9.95. The van der Waals surface area contributed by atoms with Crippen molar-refractivity contribution in [2.45, 2.75) is 43.2 Å². The van der Waals surface area contributed by atoms with Crippen LogP contribution in [-0.2, 0) is 4.74 Å². The molecule has 0 spiro atoms. The third-order valence-corrected chi connectivity index (χ3v) is 5.66. The maximum absolute atomic E-state index is 12.8. The zero-order valence-corrected chi connectivity index (χ0v) is 17.5. The number of carbonyl (C=O) groups is 1. The molecule has 2 heterocycles. The lowest BCUT2D eigenvalue weighted by molar-refractivity contribution is -0.277. The number of aliphatic hydroxyl groups excluding tert-OH is 4. The third-order valence-electron chi connectivity index (χ3n) is 5.66. The smallest absolute Gasteiger partial charge is 0.229 e. The Bertz CT molecular complexity index is 1020. The maximum Gasteiger partial charge on any atom is 0.229 e. The predicted octanol–water partition coefficient (Wildman–Crippen LogP) is -0.00840. The molecule has 178 valence electrons. The Labute approximate surface area is 188 Å². The van der Waals surface area contributed by atoms with Crippen molar-refractivity contribution in [1.82, 2.24) is 0 Å². The van der Waals surface area contributed by atoms with E-state index in [1.54, 1.807) is 12.1 Å². The fourth-order valence-corrected chi connectivity index (χ4v) is 3.88. The van der Waals surface area contributed by atoms with Crippen LogP contribution in [0, 0.1) is 0 Å². The molecule has 0 aromatic heterocycles. The molecule has 2 aliphatic rings. The maximum atomic E-state index is 12.8. The molecule has 2 aliphatic heterocycles. The molecule has 0 aliphatic carbocycles. The van der Waals surface area contributed by atoms with Gasteiger partial charge in [-0.05, 0) is 17.7 Å². The van der Waals surface area contributed by atoms with Gasteiger partial charge in [-0.15, -0.1) is 0 Å². The quantitative estimate of drug-likeness (QED) is 0.351. The Balaban J connectivity index is 1.68. The van der Waals surface area contributed by atoms with E-state index in [1.165, 1.54) is 25.3 Å². The van der Waals surface area contributed by atoms with Gasteiger partial charge in [0.15, 0.2) is 17.3 Å². The summed E-state index contributed by atoms with van der Waals surface area (Å²) in [6.07, 6.45) is -8.45. The van der Waals surface area contributed by atoms with Crippen LogP contribution in [0.3, 0.4) is 0 Å². The standard InChI is InChI=1S/C22H24O11/c1-30-21-14(32-22-20(29)19(28)17(26)15(8-23)33-22)7-13-16(18(21)27)11(25)6-12(31-13)9-2-4-10(24)5-3-9/h2-5,7,12,15,17,19-20,22-24,26-29H,6,8H2,1H3/t12?,15-,17-,19+,20-,22?/m1/s1. The summed E-state index contributed by atoms with van der Waals surface area (Å²) in [4.78, 5) is 12.8. The van der Waals surface area contributed by atoms with Crippen molar-refractivity contribution in [1.29, 1.82) is 0 Å². The highest BCUT2D eigenvalue weighted by molar-refractivity contribution is 6.03. The van der Waals surface area contributed by atoms with Gasteiger partial charge in [0.1, 0.15) is 47.6 Å². The van der Waals surface area contributed by atoms with Gasteiger partial charge in [0, 0.05) is 6.07 Å². The summed E-state index contributed by atoms with van der Waals surface area (Å²) in [6, 6.07) is 7.40. The largest absolute Gasteiger partial charge is 0.508 e. The van der Waals surface area contributed by atoms with Gasteiger partial charge in [-0.2, -0.15) is 0 Å². The van der Waals surface area contributed by atoms with Gasteiger partial charge in [-0.3, -0.25) is 4.79 Å². The second-order valence-corrected chi connectivity index (χ2v) is 7.77. The number of carbonyl (C=O) groups excluding carboxylic acids is 1. The first-order valence-electron chi connectivity index (χ1n) is 10.1. The minimum atomic E-state index is -1.70. The van der Waals surface area contributed by atoms with Crippen LogP contribution in [0.15, 0.2) is 30.3 Å². The highest BCUT2D eigenvalue weighted by Crippen LogP contribution is 2.49. The van der Waals surface area contributed by atoms with Crippen LogP contribution in [0.25, 0.3) is 0 Å². The summed E-state index contributed by atoms with van der Waals surface area (Å²) >= 11 is 0. The van der Waals surface area contributed by atoms with Crippen molar-refractivity contribution in [3.63, 3.8) is 0 Å². The molecule has 0 bridgehead atoms. The summed E-state index contributed by atoms with van der Waals surface area (Å²) in [5, 5.41) is 59.7. The van der Waals surface area contributed by atoms with Crippen LogP contribution in [0.1, 0.15) is 28.4 Å². The van der Waals surface area contributed by atoms with Crippen LogP contribution < -0.4 is 14.2 Å². The van der Waals surface area contributed by atoms with Gasteiger partial charge in [0.25, 0.3) is 0 Å². The molecule has 2 aromatic carbocycles. The molecule has 6 atom stereocenters. The second kappa shape index (κ2) is 9.04. The molecule has 0 radical (unpaired) electrons. The Morgan fingerprint density at radius 2 is 1.76 bits per heavy atom. The zero-order valence-electron chi connectivity index (χ0n) is 17.5. The SMILES string of the molecule is COc1c(OC2O[C@H](CO)[C@@H](O)[C@H](O)[C@H]2O)cc2c(c1O)C(=O)CC(c1ccc(O)cc1)O2. The van der Waals surface area contributed by atoms with Gasteiger partial charge >= 0.3 is 0 Å². The van der Waals surface area contributed by atoms with Crippen molar-refractivity contribution < 1.29 is 54.4 Å². The van der Waals surface area contributed by atoms with Crippen LogP contribution in [0.5, 0.6) is 28.7 Å². The predicted molar refractivity (Wildman–Crippen MR) is 109 cm³/mol. The Kier molecular flexibility index (Phi) is 6.32.